The molecule has 0 aromatic heterocycles. The number of amides is 2. The second kappa shape index (κ2) is 7.95. The van der Waals surface area contributed by atoms with Gasteiger partial charge in [0, 0.05) is 23.2 Å². The van der Waals surface area contributed by atoms with Gasteiger partial charge in [-0.05, 0) is 42.8 Å². The number of nitrogens with one attached hydrogen (secondary N) is 2. The predicted molar refractivity (Wildman–Crippen MR) is 94.1 cm³/mol. The predicted octanol–water partition coefficient (Wildman–Crippen LogP) is 3.15. The quantitative estimate of drug-likeness (QED) is 0.778. The van der Waals surface area contributed by atoms with E-state index in [0.717, 1.165) is 0 Å². The third-order valence-corrected chi connectivity index (χ3v) is 3.74. The SMILES string of the molecule is CC(=O)Nc1cccc(C(=O)NC(C)C(O)c2ccc(Cl)cc2)c1. The van der Waals surface area contributed by atoms with E-state index in [2.05, 4.69) is 10.6 Å². The molecule has 0 aliphatic rings. The third kappa shape index (κ3) is 4.81. The summed E-state index contributed by atoms with van der Waals surface area (Å²) in [6.07, 6.45) is -0.857. The molecule has 0 fully saturated rings. The minimum absolute atomic E-state index is 0.209. The van der Waals surface area contributed by atoms with Gasteiger partial charge in [0.2, 0.25) is 5.91 Å². The number of carbonyl (C=O) groups is 2. The molecule has 0 bridgehead atoms. The highest BCUT2D eigenvalue weighted by atomic mass is 35.5. The van der Waals surface area contributed by atoms with Gasteiger partial charge in [0.25, 0.3) is 5.91 Å². The fourth-order valence-electron chi connectivity index (χ4n) is 2.26. The summed E-state index contributed by atoms with van der Waals surface area (Å²) in [7, 11) is 0. The van der Waals surface area contributed by atoms with Gasteiger partial charge in [0.15, 0.2) is 0 Å². The molecule has 2 aromatic carbocycles. The first-order chi connectivity index (χ1) is 11.4. The molecule has 126 valence electrons. The largest absolute Gasteiger partial charge is 0.386 e. The van der Waals surface area contributed by atoms with Crippen LogP contribution in [0.25, 0.3) is 0 Å². The van der Waals surface area contributed by atoms with Crippen molar-refractivity contribution < 1.29 is 14.7 Å². The van der Waals surface area contributed by atoms with E-state index in [-0.39, 0.29) is 11.8 Å². The summed E-state index contributed by atoms with van der Waals surface area (Å²) in [5, 5.41) is 16.3. The molecule has 0 aliphatic heterocycles. The Morgan fingerprint density at radius 2 is 1.79 bits per heavy atom. The van der Waals surface area contributed by atoms with Gasteiger partial charge in [-0.3, -0.25) is 9.59 Å². The molecule has 0 spiro atoms. The van der Waals surface area contributed by atoms with Crippen molar-refractivity contribution in [2.45, 2.75) is 26.0 Å². The molecule has 2 amide bonds. The van der Waals surface area contributed by atoms with E-state index in [0.29, 0.717) is 21.8 Å². The van der Waals surface area contributed by atoms with E-state index in [9.17, 15) is 14.7 Å². The second-order valence-electron chi connectivity index (χ2n) is 5.52. The van der Waals surface area contributed by atoms with Crippen molar-refractivity contribution in [2.75, 3.05) is 5.32 Å². The standard InChI is InChI=1S/C18H19ClN2O3/c1-11(17(23)13-6-8-15(19)9-7-13)20-18(24)14-4-3-5-16(10-14)21-12(2)22/h3-11,17,23H,1-2H3,(H,20,24)(H,21,22). The molecule has 0 saturated heterocycles. The van der Waals surface area contributed by atoms with Crippen molar-refractivity contribution in [3.05, 3.63) is 64.7 Å². The number of benzene rings is 2. The third-order valence-electron chi connectivity index (χ3n) is 3.49. The molecular formula is C18H19ClN2O3. The highest BCUT2D eigenvalue weighted by Crippen LogP contribution is 2.20. The first kappa shape index (κ1) is 18.0. The summed E-state index contributed by atoms with van der Waals surface area (Å²) in [4.78, 5) is 23.4. The summed E-state index contributed by atoms with van der Waals surface area (Å²) in [6, 6.07) is 12.9. The van der Waals surface area contributed by atoms with E-state index >= 15 is 0 Å². The minimum atomic E-state index is -0.857. The van der Waals surface area contributed by atoms with Crippen molar-refractivity contribution in [1.29, 1.82) is 0 Å². The molecule has 6 heteroatoms. The normalized spacial score (nSPS) is 13.0. The van der Waals surface area contributed by atoms with Crippen LogP contribution in [0.15, 0.2) is 48.5 Å². The molecule has 5 nitrogen and oxygen atoms in total. The molecule has 3 N–H and O–H groups in total. The smallest absolute Gasteiger partial charge is 0.251 e. The van der Waals surface area contributed by atoms with Crippen LogP contribution in [-0.4, -0.2) is 23.0 Å². The molecule has 0 heterocycles. The molecule has 24 heavy (non-hydrogen) atoms. The van der Waals surface area contributed by atoms with Crippen LogP contribution in [0.4, 0.5) is 5.69 Å². The zero-order valence-electron chi connectivity index (χ0n) is 13.4. The Morgan fingerprint density at radius 1 is 1.12 bits per heavy atom. The Bertz CT molecular complexity index is 731. The summed E-state index contributed by atoms with van der Waals surface area (Å²) in [6.45, 7) is 3.12. The Labute approximate surface area is 145 Å². The van der Waals surface area contributed by atoms with Gasteiger partial charge < -0.3 is 15.7 Å². The minimum Gasteiger partial charge on any atom is -0.386 e. The van der Waals surface area contributed by atoms with Crippen LogP contribution >= 0.6 is 11.6 Å². The fourth-order valence-corrected chi connectivity index (χ4v) is 2.39. The van der Waals surface area contributed by atoms with Crippen molar-refractivity contribution in [3.63, 3.8) is 0 Å². The topological polar surface area (TPSA) is 78.4 Å². The first-order valence-electron chi connectivity index (χ1n) is 7.49. The van der Waals surface area contributed by atoms with Gasteiger partial charge in [0.1, 0.15) is 0 Å². The van der Waals surface area contributed by atoms with Crippen LogP contribution in [0, 0.1) is 0 Å². The number of aliphatic hydroxyl groups excluding tert-OH is 1. The van der Waals surface area contributed by atoms with E-state index in [1.54, 1.807) is 55.5 Å². The summed E-state index contributed by atoms with van der Waals surface area (Å²) in [5.41, 5.74) is 1.61. The first-order valence-corrected chi connectivity index (χ1v) is 7.86. The zero-order valence-corrected chi connectivity index (χ0v) is 14.2. The van der Waals surface area contributed by atoms with E-state index in [1.165, 1.54) is 6.92 Å². The zero-order chi connectivity index (χ0) is 17.7. The number of hydrogen-bond donors (Lipinski definition) is 3. The Kier molecular flexibility index (Phi) is 5.95. The van der Waals surface area contributed by atoms with E-state index in [1.807, 2.05) is 0 Å². The molecule has 2 rings (SSSR count). The lowest BCUT2D eigenvalue weighted by molar-refractivity contribution is -0.114. The maximum absolute atomic E-state index is 12.3. The van der Waals surface area contributed by atoms with Gasteiger partial charge in [-0.2, -0.15) is 0 Å². The van der Waals surface area contributed by atoms with Crippen molar-refractivity contribution >= 4 is 29.1 Å². The van der Waals surface area contributed by atoms with Crippen molar-refractivity contribution in [3.8, 4) is 0 Å². The Hall–Kier alpha value is -2.37. The molecule has 2 atom stereocenters. The lowest BCUT2D eigenvalue weighted by Crippen LogP contribution is -2.37. The van der Waals surface area contributed by atoms with Gasteiger partial charge in [0.05, 0.1) is 12.1 Å². The number of halogens is 1. The van der Waals surface area contributed by atoms with Crippen LogP contribution in [-0.2, 0) is 4.79 Å². The van der Waals surface area contributed by atoms with Crippen LogP contribution < -0.4 is 10.6 Å². The summed E-state index contributed by atoms with van der Waals surface area (Å²) in [5.74, 6) is -0.540. The maximum Gasteiger partial charge on any atom is 0.251 e. The number of hydrogen-bond acceptors (Lipinski definition) is 3. The van der Waals surface area contributed by atoms with Crippen molar-refractivity contribution in [2.24, 2.45) is 0 Å². The lowest BCUT2D eigenvalue weighted by atomic mass is 10.0. The van der Waals surface area contributed by atoms with Gasteiger partial charge in [-0.25, -0.2) is 0 Å². The molecule has 0 aliphatic carbocycles. The second-order valence-corrected chi connectivity index (χ2v) is 5.96. The van der Waals surface area contributed by atoms with Crippen LogP contribution in [0.2, 0.25) is 5.02 Å². The van der Waals surface area contributed by atoms with Crippen LogP contribution in [0.1, 0.15) is 35.9 Å². The molecule has 2 aromatic rings. The average molecular weight is 347 g/mol. The van der Waals surface area contributed by atoms with Gasteiger partial charge in [-0.15, -0.1) is 0 Å². The van der Waals surface area contributed by atoms with E-state index in [4.69, 9.17) is 11.6 Å². The van der Waals surface area contributed by atoms with Crippen LogP contribution in [0.3, 0.4) is 0 Å². The number of carbonyl (C=O) groups excluding carboxylic acids is 2. The Balaban J connectivity index is 2.05. The highest BCUT2D eigenvalue weighted by molar-refractivity contribution is 6.30. The van der Waals surface area contributed by atoms with Gasteiger partial charge in [-0.1, -0.05) is 29.8 Å². The molecule has 0 saturated carbocycles. The highest BCUT2D eigenvalue weighted by Gasteiger charge is 2.19. The molecular weight excluding hydrogens is 328 g/mol. The molecule has 2 unspecified atom stereocenters. The number of anilines is 1. The Morgan fingerprint density at radius 3 is 2.42 bits per heavy atom. The van der Waals surface area contributed by atoms with E-state index < -0.39 is 12.1 Å². The summed E-state index contributed by atoms with van der Waals surface area (Å²) < 4.78 is 0. The number of aliphatic hydroxyl groups is 1. The van der Waals surface area contributed by atoms with Crippen molar-refractivity contribution in [1.82, 2.24) is 5.32 Å². The average Bonchev–Trinajstić information content (AvgIpc) is 2.54. The summed E-state index contributed by atoms with van der Waals surface area (Å²) >= 11 is 5.83. The maximum atomic E-state index is 12.3. The van der Waals surface area contributed by atoms with Crippen LogP contribution in [0.5, 0.6) is 0 Å². The lowest BCUT2D eigenvalue weighted by Gasteiger charge is -2.21. The number of rotatable bonds is 5. The fraction of sp³-hybridized carbons (Fsp3) is 0.222. The monoisotopic (exact) mass is 346 g/mol. The molecule has 0 radical (unpaired) electrons. The van der Waals surface area contributed by atoms with Gasteiger partial charge >= 0.3 is 0 Å².